The molecule has 1 saturated heterocycles. The Balaban J connectivity index is 1.55. The topological polar surface area (TPSA) is 94.7 Å². The molecule has 0 aliphatic carbocycles. The first-order valence-electron chi connectivity index (χ1n) is 6.95. The minimum atomic E-state index is -0.275. The molecular formula is C13H17N5O2S. The third-order valence-corrected chi connectivity index (χ3v) is 4.64. The number of carbonyl (C=O) groups excluding carboxylic acids is 1. The van der Waals surface area contributed by atoms with E-state index in [4.69, 9.17) is 0 Å². The zero-order valence-electron chi connectivity index (χ0n) is 11.8. The number of piperidine rings is 1. The van der Waals surface area contributed by atoms with Gasteiger partial charge in [0.25, 0.3) is 0 Å². The number of nitrogens with one attached hydrogen (secondary N) is 2. The lowest BCUT2D eigenvalue weighted by Crippen LogP contribution is -2.39. The molecule has 0 bridgehead atoms. The van der Waals surface area contributed by atoms with Gasteiger partial charge in [-0.15, -0.1) is 11.3 Å². The summed E-state index contributed by atoms with van der Waals surface area (Å²) in [5, 5.41) is 7.23. The number of amides is 1. The smallest absolute Gasteiger partial charge is 0.340 e. The number of carbonyl (C=O) groups is 1. The number of rotatable bonds is 3. The van der Waals surface area contributed by atoms with Crippen LogP contribution in [0, 0.1) is 6.92 Å². The first-order chi connectivity index (χ1) is 10.1. The normalized spacial score (nSPS) is 16.3. The van der Waals surface area contributed by atoms with E-state index in [0.29, 0.717) is 25.3 Å². The monoisotopic (exact) mass is 307 g/mol. The molecule has 0 atom stereocenters. The number of thiazole rings is 1. The van der Waals surface area contributed by atoms with Crippen LogP contribution in [0.3, 0.4) is 0 Å². The molecule has 2 aromatic heterocycles. The molecule has 0 aromatic carbocycles. The Bertz CT molecular complexity index is 681. The fourth-order valence-electron chi connectivity index (χ4n) is 2.60. The highest BCUT2D eigenvalue weighted by atomic mass is 32.1. The van der Waals surface area contributed by atoms with Crippen LogP contribution in [0.2, 0.25) is 0 Å². The van der Waals surface area contributed by atoms with Crippen LogP contribution in [0.5, 0.6) is 0 Å². The van der Waals surface area contributed by atoms with Crippen molar-refractivity contribution in [2.45, 2.75) is 32.1 Å². The lowest BCUT2D eigenvalue weighted by molar-refractivity contribution is -0.131. The molecule has 3 heterocycles. The van der Waals surface area contributed by atoms with Crippen LogP contribution in [-0.4, -0.2) is 44.1 Å². The molecule has 8 heteroatoms. The van der Waals surface area contributed by atoms with Crippen LogP contribution in [0.15, 0.2) is 11.0 Å². The fourth-order valence-corrected chi connectivity index (χ4v) is 3.38. The van der Waals surface area contributed by atoms with E-state index in [1.54, 1.807) is 17.5 Å². The van der Waals surface area contributed by atoms with Crippen molar-refractivity contribution in [1.29, 1.82) is 0 Å². The number of hydrogen-bond donors (Lipinski definition) is 2. The standard InChI is InChI=1S/C13H17N5O2S/c1-8-7-14-10(21-8)6-11(19)18-4-2-9(3-5-18)12-15-13(20)17-16-12/h7,9H,2-6H2,1H3,(H2,15,16,17,20). The minimum absolute atomic E-state index is 0.123. The van der Waals surface area contributed by atoms with Gasteiger partial charge in [0, 0.05) is 30.1 Å². The molecule has 112 valence electrons. The van der Waals surface area contributed by atoms with Gasteiger partial charge in [-0.2, -0.15) is 5.10 Å². The summed E-state index contributed by atoms with van der Waals surface area (Å²) in [7, 11) is 0. The molecule has 1 amide bonds. The molecule has 1 aliphatic heterocycles. The highest BCUT2D eigenvalue weighted by Crippen LogP contribution is 2.25. The summed E-state index contributed by atoms with van der Waals surface area (Å²) in [6.07, 6.45) is 3.82. The lowest BCUT2D eigenvalue weighted by atomic mass is 9.96. The summed E-state index contributed by atoms with van der Waals surface area (Å²) in [5.74, 6) is 1.04. The Labute approximate surface area is 125 Å². The molecule has 1 fully saturated rings. The second-order valence-corrected chi connectivity index (χ2v) is 6.58. The van der Waals surface area contributed by atoms with Crippen molar-refractivity contribution in [3.63, 3.8) is 0 Å². The summed E-state index contributed by atoms with van der Waals surface area (Å²) in [6.45, 7) is 3.38. The highest BCUT2D eigenvalue weighted by molar-refractivity contribution is 7.11. The van der Waals surface area contributed by atoms with E-state index in [0.717, 1.165) is 22.7 Å². The number of aromatic amines is 2. The third kappa shape index (κ3) is 3.21. The maximum Gasteiger partial charge on any atom is 0.340 e. The van der Waals surface area contributed by atoms with E-state index >= 15 is 0 Å². The first kappa shape index (κ1) is 14.0. The van der Waals surface area contributed by atoms with Crippen molar-refractivity contribution in [3.8, 4) is 0 Å². The van der Waals surface area contributed by atoms with Gasteiger partial charge >= 0.3 is 5.69 Å². The zero-order chi connectivity index (χ0) is 14.8. The summed E-state index contributed by atoms with van der Waals surface area (Å²) >= 11 is 1.57. The molecule has 0 saturated carbocycles. The summed E-state index contributed by atoms with van der Waals surface area (Å²) in [4.78, 5) is 33.2. The van der Waals surface area contributed by atoms with E-state index in [1.165, 1.54) is 0 Å². The zero-order valence-corrected chi connectivity index (χ0v) is 12.6. The van der Waals surface area contributed by atoms with Gasteiger partial charge in [-0.05, 0) is 19.8 Å². The van der Waals surface area contributed by atoms with Crippen molar-refractivity contribution in [1.82, 2.24) is 25.1 Å². The van der Waals surface area contributed by atoms with Gasteiger partial charge in [0.05, 0.1) is 6.42 Å². The van der Waals surface area contributed by atoms with Gasteiger partial charge in [-0.25, -0.2) is 14.9 Å². The number of aromatic nitrogens is 4. The molecule has 0 radical (unpaired) electrons. The van der Waals surface area contributed by atoms with Crippen molar-refractivity contribution >= 4 is 17.2 Å². The van der Waals surface area contributed by atoms with Crippen LogP contribution < -0.4 is 5.69 Å². The predicted molar refractivity (Wildman–Crippen MR) is 78.3 cm³/mol. The largest absolute Gasteiger partial charge is 0.342 e. The molecule has 0 spiro atoms. The van der Waals surface area contributed by atoms with Gasteiger partial charge in [0.2, 0.25) is 5.91 Å². The summed E-state index contributed by atoms with van der Waals surface area (Å²) < 4.78 is 0. The van der Waals surface area contributed by atoms with Crippen molar-refractivity contribution in [2.75, 3.05) is 13.1 Å². The molecule has 7 nitrogen and oxygen atoms in total. The highest BCUT2D eigenvalue weighted by Gasteiger charge is 2.26. The van der Waals surface area contributed by atoms with Crippen LogP contribution in [0.25, 0.3) is 0 Å². The van der Waals surface area contributed by atoms with E-state index < -0.39 is 0 Å². The van der Waals surface area contributed by atoms with E-state index in [1.807, 2.05) is 11.8 Å². The van der Waals surface area contributed by atoms with Crippen LogP contribution in [0.4, 0.5) is 0 Å². The average Bonchev–Trinajstić information content (AvgIpc) is 3.08. The molecule has 2 aromatic rings. The van der Waals surface area contributed by atoms with Crippen LogP contribution >= 0.6 is 11.3 Å². The third-order valence-electron chi connectivity index (χ3n) is 3.73. The number of H-pyrrole nitrogens is 2. The minimum Gasteiger partial charge on any atom is -0.342 e. The van der Waals surface area contributed by atoms with E-state index in [9.17, 15) is 9.59 Å². The van der Waals surface area contributed by atoms with Crippen LogP contribution in [-0.2, 0) is 11.2 Å². The van der Waals surface area contributed by atoms with Gasteiger partial charge in [-0.1, -0.05) is 0 Å². The second kappa shape index (κ2) is 5.80. The Kier molecular flexibility index (Phi) is 3.87. The number of hydrogen-bond acceptors (Lipinski definition) is 5. The SMILES string of the molecule is Cc1cnc(CC(=O)N2CCC(c3n[nH]c(=O)[nH]3)CC2)s1. The van der Waals surface area contributed by atoms with E-state index in [2.05, 4.69) is 20.2 Å². The van der Waals surface area contributed by atoms with Gasteiger partial charge < -0.3 is 4.90 Å². The lowest BCUT2D eigenvalue weighted by Gasteiger charge is -2.30. The molecular weight excluding hydrogens is 290 g/mol. The fraction of sp³-hybridized carbons (Fsp3) is 0.538. The van der Waals surface area contributed by atoms with Crippen LogP contribution in [0.1, 0.15) is 34.5 Å². The molecule has 1 aliphatic rings. The average molecular weight is 307 g/mol. The van der Waals surface area contributed by atoms with Crippen molar-refractivity contribution in [3.05, 3.63) is 32.4 Å². The Morgan fingerprint density at radius 1 is 1.48 bits per heavy atom. The first-order valence-corrected chi connectivity index (χ1v) is 7.77. The molecule has 0 unspecified atom stereocenters. The quantitative estimate of drug-likeness (QED) is 0.877. The number of aryl methyl sites for hydroxylation is 1. The van der Waals surface area contributed by atoms with Gasteiger partial charge in [0.15, 0.2) is 0 Å². The Morgan fingerprint density at radius 2 is 2.24 bits per heavy atom. The molecule has 2 N–H and O–H groups in total. The number of nitrogens with zero attached hydrogens (tertiary/aromatic N) is 3. The maximum atomic E-state index is 12.2. The van der Waals surface area contributed by atoms with Crippen molar-refractivity contribution < 1.29 is 4.79 Å². The van der Waals surface area contributed by atoms with Gasteiger partial charge in [0.1, 0.15) is 10.8 Å². The number of likely N-dealkylation sites (tertiary alicyclic amines) is 1. The molecule has 21 heavy (non-hydrogen) atoms. The second-order valence-electron chi connectivity index (χ2n) is 5.26. The predicted octanol–water partition coefficient (Wildman–Crippen LogP) is 0.812. The molecule has 3 rings (SSSR count). The van der Waals surface area contributed by atoms with Crippen molar-refractivity contribution in [2.24, 2.45) is 0 Å². The van der Waals surface area contributed by atoms with Gasteiger partial charge in [-0.3, -0.25) is 9.78 Å². The maximum absolute atomic E-state index is 12.2. The Morgan fingerprint density at radius 3 is 2.81 bits per heavy atom. The Hall–Kier alpha value is -1.96. The van der Waals surface area contributed by atoms with E-state index in [-0.39, 0.29) is 17.5 Å². The summed E-state index contributed by atoms with van der Waals surface area (Å²) in [5.41, 5.74) is -0.275. The summed E-state index contributed by atoms with van der Waals surface area (Å²) in [6, 6.07) is 0.